The van der Waals surface area contributed by atoms with E-state index in [2.05, 4.69) is 9.62 Å². The van der Waals surface area contributed by atoms with Crippen molar-refractivity contribution in [3.63, 3.8) is 0 Å². The highest BCUT2D eigenvalue weighted by Crippen LogP contribution is 2.33. The summed E-state index contributed by atoms with van der Waals surface area (Å²) in [5, 5.41) is 0. The number of sulfonamides is 1. The molecule has 0 aromatic heterocycles. The number of hydrogen-bond acceptors (Lipinski definition) is 3. The molecule has 1 fully saturated rings. The van der Waals surface area contributed by atoms with E-state index in [4.69, 9.17) is 0 Å². The molecule has 0 radical (unpaired) electrons. The van der Waals surface area contributed by atoms with Gasteiger partial charge in [-0.2, -0.15) is 13.2 Å². The molecule has 0 amide bonds. The first-order valence-electron chi connectivity index (χ1n) is 7.99. The second-order valence-corrected chi connectivity index (χ2v) is 8.21. The Morgan fingerprint density at radius 1 is 1.25 bits per heavy atom. The second kappa shape index (κ2) is 7.41. The summed E-state index contributed by atoms with van der Waals surface area (Å²) in [5.74, 6) is 0.0883. The summed E-state index contributed by atoms with van der Waals surface area (Å²) in [6.07, 6.45) is -2.26. The number of halogens is 3. The fourth-order valence-corrected chi connectivity index (χ4v) is 4.07. The smallest absolute Gasteiger partial charge is 0.303 e. The van der Waals surface area contributed by atoms with Crippen LogP contribution in [0.1, 0.15) is 30.9 Å². The van der Waals surface area contributed by atoms with Gasteiger partial charge in [-0.3, -0.25) is 0 Å². The van der Waals surface area contributed by atoms with Crippen LogP contribution in [0.4, 0.5) is 13.2 Å². The average Bonchev–Trinajstić information content (AvgIpc) is 2.97. The fraction of sp³-hybridized carbons (Fsp3) is 0.625. The lowest BCUT2D eigenvalue weighted by molar-refractivity contribution is -0.138. The summed E-state index contributed by atoms with van der Waals surface area (Å²) in [7, 11) is -3.96. The standard InChI is InChI=1S/C16H23F3N2O2S/c1-12(11-21-7-3-4-8-21)10-20-24(22,23)14-6-5-13(2)15(9-14)16(17,18)19/h5-6,9,12,20H,3-4,7-8,10-11H2,1-2H3. The van der Waals surface area contributed by atoms with Gasteiger partial charge < -0.3 is 4.90 Å². The molecular weight excluding hydrogens is 341 g/mol. The molecule has 1 aliphatic rings. The van der Waals surface area contributed by atoms with Crippen LogP contribution in [0.5, 0.6) is 0 Å². The van der Waals surface area contributed by atoms with Crippen LogP contribution in [0.25, 0.3) is 0 Å². The van der Waals surface area contributed by atoms with Crippen LogP contribution in [-0.4, -0.2) is 39.5 Å². The monoisotopic (exact) mass is 364 g/mol. The van der Waals surface area contributed by atoms with Crippen molar-refractivity contribution in [1.29, 1.82) is 0 Å². The van der Waals surface area contributed by atoms with Crippen LogP contribution in [0.2, 0.25) is 0 Å². The van der Waals surface area contributed by atoms with Gasteiger partial charge in [0.1, 0.15) is 0 Å². The Hall–Kier alpha value is -1.12. The maximum Gasteiger partial charge on any atom is 0.416 e. The Kier molecular flexibility index (Phi) is 5.93. The van der Waals surface area contributed by atoms with E-state index in [9.17, 15) is 21.6 Å². The topological polar surface area (TPSA) is 49.4 Å². The van der Waals surface area contributed by atoms with Crippen molar-refractivity contribution in [3.8, 4) is 0 Å². The quantitative estimate of drug-likeness (QED) is 0.844. The number of aryl methyl sites for hydroxylation is 1. The van der Waals surface area contributed by atoms with Crippen LogP contribution in [0.3, 0.4) is 0 Å². The Labute approximate surface area is 141 Å². The summed E-state index contributed by atoms with van der Waals surface area (Å²) < 4.78 is 65.8. The Balaban J connectivity index is 2.04. The third-order valence-corrected chi connectivity index (χ3v) is 5.64. The van der Waals surface area contributed by atoms with E-state index < -0.39 is 21.8 Å². The van der Waals surface area contributed by atoms with Gasteiger partial charge in [0.25, 0.3) is 0 Å². The number of benzene rings is 1. The number of nitrogens with one attached hydrogen (secondary N) is 1. The number of hydrogen-bond donors (Lipinski definition) is 1. The second-order valence-electron chi connectivity index (χ2n) is 6.44. The third-order valence-electron chi connectivity index (χ3n) is 4.22. The molecule has 136 valence electrons. The highest BCUT2D eigenvalue weighted by atomic mass is 32.2. The van der Waals surface area contributed by atoms with Crippen LogP contribution in [0, 0.1) is 12.8 Å². The number of likely N-dealkylation sites (tertiary alicyclic amines) is 1. The minimum atomic E-state index is -4.57. The summed E-state index contributed by atoms with van der Waals surface area (Å²) in [5.41, 5.74) is -0.917. The van der Waals surface area contributed by atoms with Crippen molar-refractivity contribution >= 4 is 10.0 Å². The number of nitrogens with zero attached hydrogens (tertiary/aromatic N) is 1. The van der Waals surface area contributed by atoms with Crippen molar-refractivity contribution in [2.45, 2.75) is 37.8 Å². The molecule has 1 N–H and O–H groups in total. The summed E-state index contributed by atoms with van der Waals surface area (Å²) in [6, 6.07) is 3.09. The molecule has 0 spiro atoms. The van der Waals surface area contributed by atoms with E-state index in [1.807, 2.05) is 6.92 Å². The fourth-order valence-electron chi connectivity index (χ4n) is 2.88. The molecule has 1 aromatic carbocycles. The van der Waals surface area contributed by atoms with E-state index in [1.54, 1.807) is 0 Å². The SMILES string of the molecule is Cc1ccc(S(=O)(=O)NCC(C)CN2CCCC2)cc1C(F)(F)F. The normalized spacial score (nSPS) is 18.0. The van der Waals surface area contributed by atoms with E-state index in [0.717, 1.165) is 32.5 Å². The third kappa shape index (κ3) is 4.94. The van der Waals surface area contributed by atoms with E-state index in [0.29, 0.717) is 6.07 Å². The number of alkyl halides is 3. The molecule has 1 heterocycles. The van der Waals surface area contributed by atoms with Crippen LogP contribution in [0.15, 0.2) is 23.1 Å². The van der Waals surface area contributed by atoms with Crippen molar-refractivity contribution in [2.24, 2.45) is 5.92 Å². The first kappa shape index (κ1) is 19.2. The zero-order valence-corrected chi connectivity index (χ0v) is 14.7. The zero-order chi connectivity index (χ0) is 18.0. The molecular formula is C16H23F3N2O2S. The first-order valence-corrected chi connectivity index (χ1v) is 9.48. The molecule has 0 saturated carbocycles. The van der Waals surface area contributed by atoms with Crippen molar-refractivity contribution in [2.75, 3.05) is 26.2 Å². The molecule has 1 atom stereocenters. The van der Waals surface area contributed by atoms with Gasteiger partial charge in [0.05, 0.1) is 10.5 Å². The van der Waals surface area contributed by atoms with E-state index >= 15 is 0 Å². The molecule has 0 aliphatic carbocycles. The summed E-state index contributed by atoms with van der Waals surface area (Å²) >= 11 is 0. The Morgan fingerprint density at radius 2 is 1.88 bits per heavy atom. The van der Waals surface area contributed by atoms with Crippen molar-refractivity contribution in [3.05, 3.63) is 29.3 Å². The molecule has 2 rings (SSSR count). The lowest BCUT2D eigenvalue weighted by Crippen LogP contribution is -2.34. The summed E-state index contributed by atoms with van der Waals surface area (Å²) in [6.45, 7) is 6.26. The predicted molar refractivity (Wildman–Crippen MR) is 86.2 cm³/mol. The van der Waals surface area contributed by atoms with Crippen molar-refractivity contribution in [1.82, 2.24) is 9.62 Å². The van der Waals surface area contributed by atoms with Crippen LogP contribution in [-0.2, 0) is 16.2 Å². The highest BCUT2D eigenvalue weighted by molar-refractivity contribution is 7.89. The van der Waals surface area contributed by atoms with Gasteiger partial charge in [-0.25, -0.2) is 13.1 Å². The Bertz CT molecular complexity index is 668. The van der Waals surface area contributed by atoms with Gasteiger partial charge in [-0.05, 0) is 56.5 Å². The van der Waals surface area contributed by atoms with E-state index in [1.165, 1.54) is 19.1 Å². The molecule has 1 aromatic rings. The highest BCUT2D eigenvalue weighted by Gasteiger charge is 2.33. The molecule has 0 bridgehead atoms. The van der Waals surface area contributed by atoms with Gasteiger partial charge in [-0.15, -0.1) is 0 Å². The van der Waals surface area contributed by atoms with Crippen LogP contribution < -0.4 is 4.72 Å². The molecule has 24 heavy (non-hydrogen) atoms. The molecule has 8 heteroatoms. The van der Waals surface area contributed by atoms with Gasteiger partial charge in [0.2, 0.25) is 10.0 Å². The largest absolute Gasteiger partial charge is 0.416 e. The van der Waals surface area contributed by atoms with E-state index in [-0.39, 0.29) is 22.9 Å². The van der Waals surface area contributed by atoms with Gasteiger partial charge in [0, 0.05) is 13.1 Å². The van der Waals surface area contributed by atoms with Crippen LogP contribution >= 0.6 is 0 Å². The van der Waals surface area contributed by atoms with Gasteiger partial charge in [0.15, 0.2) is 0 Å². The molecule has 1 unspecified atom stereocenters. The lowest BCUT2D eigenvalue weighted by Gasteiger charge is -2.20. The minimum Gasteiger partial charge on any atom is -0.303 e. The van der Waals surface area contributed by atoms with Gasteiger partial charge >= 0.3 is 6.18 Å². The maximum atomic E-state index is 12.9. The predicted octanol–water partition coefficient (Wildman–Crippen LogP) is 3.02. The maximum absolute atomic E-state index is 12.9. The first-order chi connectivity index (χ1) is 11.1. The Morgan fingerprint density at radius 3 is 2.46 bits per heavy atom. The number of rotatable bonds is 6. The minimum absolute atomic E-state index is 0.00357. The average molecular weight is 364 g/mol. The van der Waals surface area contributed by atoms with Gasteiger partial charge in [-0.1, -0.05) is 13.0 Å². The summed E-state index contributed by atoms with van der Waals surface area (Å²) in [4.78, 5) is 1.92. The molecule has 1 aliphatic heterocycles. The van der Waals surface area contributed by atoms with Crippen molar-refractivity contribution < 1.29 is 21.6 Å². The molecule has 1 saturated heterocycles. The zero-order valence-electron chi connectivity index (χ0n) is 13.9. The lowest BCUT2D eigenvalue weighted by atomic mass is 10.1. The molecule has 4 nitrogen and oxygen atoms in total.